The molecule has 0 saturated carbocycles. The Morgan fingerprint density at radius 1 is 1.32 bits per heavy atom. The lowest BCUT2D eigenvalue weighted by molar-refractivity contribution is 0.103. The Kier molecular flexibility index (Phi) is 4.41. The van der Waals surface area contributed by atoms with Gasteiger partial charge in [-0.25, -0.2) is 4.98 Å². The summed E-state index contributed by atoms with van der Waals surface area (Å²) in [6, 6.07) is 8.01. The molecule has 3 rings (SSSR count). The van der Waals surface area contributed by atoms with Gasteiger partial charge in [0, 0.05) is 37.4 Å². The van der Waals surface area contributed by atoms with Crippen molar-refractivity contribution >= 4 is 11.0 Å². The highest BCUT2D eigenvalue weighted by molar-refractivity contribution is 5.75. The van der Waals surface area contributed by atoms with Crippen LogP contribution in [0.2, 0.25) is 0 Å². The van der Waals surface area contributed by atoms with E-state index in [4.69, 9.17) is 4.98 Å². The van der Waals surface area contributed by atoms with E-state index in [0.29, 0.717) is 18.1 Å². The highest BCUT2D eigenvalue weighted by Gasteiger charge is 2.27. The van der Waals surface area contributed by atoms with E-state index in [1.54, 1.807) is 0 Å². The number of hydrogen-bond donors (Lipinski definition) is 1. The molecule has 0 radical (unpaired) electrons. The molecule has 1 aliphatic heterocycles. The smallest absolute Gasteiger partial charge is 0.0893 e. The molecule has 0 amide bonds. The summed E-state index contributed by atoms with van der Waals surface area (Å²) in [4.78, 5) is 11.8. The molecule has 4 heteroatoms. The quantitative estimate of drug-likeness (QED) is 0.946. The first kappa shape index (κ1) is 15.4. The molecular formula is C18H26N4. The monoisotopic (exact) mass is 298 g/mol. The van der Waals surface area contributed by atoms with Crippen LogP contribution in [0, 0.1) is 0 Å². The van der Waals surface area contributed by atoms with E-state index in [2.05, 4.69) is 61.1 Å². The lowest BCUT2D eigenvalue weighted by atomic mass is 10.0. The minimum atomic E-state index is 0.399. The average Bonchev–Trinajstić information content (AvgIpc) is 2.55. The number of aromatic nitrogens is 2. The van der Waals surface area contributed by atoms with Crippen molar-refractivity contribution in [3.63, 3.8) is 0 Å². The van der Waals surface area contributed by atoms with E-state index >= 15 is 0 Å². The van der Waals surface area contributed by atoms with Crippen molar-refractivity contribution in [3.05, 3.63) is 35.7 Å². The molecular weight excluding hydrogens is 272 g/mol. The van der Waals surface area contributed by atoms with Gasteiger partial charge in [-0.15, -0.1) is 0 Å². The summed E-state index contributed by atoms with van der Waals surface area (Å²) in [6.45, 7) is 11.1. The molecule has 0 spiro atoms. The standard InChI is InChI=1S/C18H26N4/c1-5-16-10-20-17-7-6-15(8-18(17)21-16)14(4)22-11-12(2)19-9-13(22)3/h6-8,10,12-14,19H,5,9,11H2,1-4H3/t12-,13+,14?/m0/s1. The second-order valence-corrected chi connectivity index (χ2v) is 6.49. The SMILES string of the molecule is CCc1cnc2ccc(C(C)N3C[C@H](C)NC[C@H]3C)cc2n1. The summed E-state index contributed by atoms with van der Waals surface area (Å²) in [5, 5.41) is 3.55. The highest BCUT2D eigenvalue weighted by atomic mass is 15.2. The van der Waals surface area contributed by atoms with Crippen LogP contribution in [-0.2, 0) is 6.42 Å². The highest BCUT2D eigenvalue weighted by Crippen LogP contribution is 2.26. The van der Waals surface area contributed by atoms with Gasteiger partial charge in [-0.3, -0.25) is 9.88 Å². The van der Waals surface area contributed by atoms with E-state index in [1.807, 2.05) is 6.20 Å². The van der Waals surface area contributed by atoms with Crippen LogP contribution in [0.15, 0.2) is 24.4 Å². The average molecular weight is 298 g/mol. The van der Waals surface area contributed by atoms with Crippen molar-refractivity contribution in [2.75, 3.05) is 13.1 Å². The summed E-state index contributed by atoms with van der Waals surface area (Å²) in [5.74, 6) is 0. The summed E-state index contributed by atoms with van der Waals surface area (Å²) in [6.07, 6.45) is 2.81. The second-order valence-electron chi connectivity index (χ2n) is 6.49. The van der Waals surface area contributed by atoms with Crippen LogP contribution in [0.5, 0.6) is 0 Å². The van der Waals surface area contributed by atoms with Gasteiger partial charge in [-0.2, -0.15) is 0 Å². The Morgan fingerprint density at radius 2 is 2.14 bits per heavy atom. The van der Waals surface area contributed by atoms with Gasteiger partial charge in [0.05, 0.1) is 16.7 Å². The zero-order valence-corrected chi connectivity index (χ0v) is 14.0. The van der Waals surface area contributed by atoms with E-state index in [0.717, 1.165) is 36.2 Å². The summed E-state index contributed by atoms with van der Waals surface area (Å²) in [5.41, 5.74) is 4.38. The third kappa shape index (κ3) is 2.99. The van der Waals surface area contributed by atoms with Crippen molar-refractivity contribution in [2.45, 2.75) is 52.2 Å². The predicted molar refractivity (Wildman–Crippen MR) is 91.0 cm³/mol. The predicted octanol–water partition coefficient (Wildman–Crippen LogP) is 2.94. The van der Waals surface area contributed by atoms with Gasteiger partial charge in [0.1, 0.15) is 0 Å². The van der Waals surface area contributed by atoms with Crippen LogP contribution in [0.4, 0.5) is 0 Å². The molecule has 1 aromatic carbocycles. The van der Waals surface area contributed by atoms with Crippen LogP contribution < -0.4 is 5.32 Å². The largest absolute Gasteiger partial charge is 0.311 e. The van der Waals surface area contributed by atoms with Gasteiger partial charge >= 0.3 is 0 Å². The molecule has 3 atom stereocenters. The molecule has 118 valence electrons. The maximum Gasteiger partial charge on any atom is 0.0893 e. The Labute approximate surface area is 133 Å². The van der Waals surface area contributed by atoms with E-state index < -0.39 is 0 Å². The Hall–Kier alpha value is -1.52. The number of nitrogens with one attached hydrogen (secondary N) is 1. The molecule has 1 N–H and O–H groups in total. The topological polar surface area (TPSA) is 41.1 Å². The molecule has 2 aromatic rings. The zero-order chi connectivity index (χ0) is 15.7. The number of hydrogen-bond acceptors (Lipinski definition) is 4. The second kappa shape index (κ2) is 6.31. The minimum absolute atomic E-state index is 0.399. The van der Waals surface area contributed by atoms with E-state index in [9.17, 15) is 0 Å². The Morgan fingerprint density at radius 3 is 2.91 bits per heavy atom. The van der Waals surface area contributed by atoms with E-state index in [-0.39, 0.29) is 0 Å². The maximum atomic E-state index is 4.72. The number of rotatable bonds is 3. The van der Waals surface area contributed by atoms with Gasteiger partial charge in [0.25, 0.3) is 0 Å². The number of nitrogens with zero attached hydrogens (tertiary/aromatic N) is 3. The normalized spacial score (nSPS) is 24.5. The van der Waals surface area contributed by atoms with Crippen LogP contribution in [0.1, 0.15) is 45.0 Å². The number of fused-ring (bicyclic) bond motifs is 1. The number of aryl methyl sites for hydroxylation is 1. The van der Waals surface area contributed by atoms with Gasteiger partial charge < -0.3 is 5.32 Å². The van der Waals surface area contributed by atoms with Crippen molar-refractivity contribution < 1.29 is 0 Å². The summed E-state index contributed by atoms with van der Waals surface area (Å²) in [7, 11) is 0. The van der Waals surface area contributed by atoms with Gasteiger partial charge in [-0.05, 0) is 44.9 Å². The molecule has 1 unspecified atom stereocenters. The van der Waals surface area contributed by atoms with Crippen molar-refractivity contribution in [2.24, 2.45) is 0 Å². The van der Waals surface area contributed by atoms with Crippen molar-refractivity contribution in [1.29, 1.82) is 0 Å². The molecule has 1 aromatic heterocycles. The van der Waals surface area contributed by atoms with Crippen molar-refractivity contribution in [1.82, 2.24) is 20.2 Å². The van der Waals surface area contributed by atoms with Gasteiger partial charge in [0.2, 0.25) is 0 Å². The fourth-order valence-corrected chi connectivity index (χ4v) is 3.28. The van der Waals surface area contributed by atoms with Gasteiger partial charge in [-0.1, -0.05) is 13.0 Å². The molecule has 1 saturated heterocycles. The minimum Gasteiger partial charge on any atom is -0.311 e. The third-order valence-electron chi connectivity index (χ3n) is 4.77. The fraction of sp³-hybridized carbons (Fsp3) is 0.556. The molecule has 2 heterocycles. The lowest BCUT2D eigenvalue weighted by Gasteiger charge is -2.41. The lowest BCUT2D eigenvalue weighted by Crippen LogP contribution is -2.54. The van der Waals surface area contributed by atoms with Crippen LogP contribution in [0.3, 0.4) is 0 Å². The molecule has 0 aliphatic carbocycles. The molecule has 22 heavy (non-hydrogen) atoms. The van der Waals surface area contributed by atoms with Crippen molar-refractivity contribution in [3.8, 4) is 0 Å². The van der Waals surface area contributed by atoms with Gasteiger partial charge in [0.15, 0.2) is 0 Å². The van der Waals surface area contributed by atoms with Crippen LogP contribution in [-0.4, -0.2) is 40.0 Å². The Bertz CT molecular complexity index is 655. The number of piperazine rings is 1. The fourth-order valence-electron chi connectivity index (χ4n) is 3.28. The first-order chi connectivity index (χ1) is 10.6. The third-order valence-corrected chi connectivity index (χ3v) is 4.77. The van der Waals surface area contributed by atoms with Crippen LogP contribution in [0.25, 0.3) is 11.0 Å². The van der Waals surface area contributed by atoms with Crippen LogP contribution >= 0.6 is 0 Å². The zero-order valence-electron chi connectivity index (χ0n) is 14.0. The maximum absolute atomic E-state index is 4.72. The Balaban J connectivity index is 1.91. The number of benzene rings is 1. The molecule has 1 aliphatic rings. The first-order valence-corrected chi connectivity index (χ1v) is 8.33. The first-order valence-electron chi connectivity index (χ1n) is 8.33. The summed E-state index contributed by atoms with van der Waals surface area (Å²) < 4.78 is 0. The molecule has 1 fully saturated rings. The van der Waals surface area contributed by atoms with E-state index in [1.165, 1.54) is 5.56 Å². The molecule has 0 bridgehead atoms. The summed E-state index contributed by atoms with van der Waals surface area (Å²) >= 11 is 0. The molecule has 4 nitrogen and oxygen atoms in total.